The van der Waals surface area contributed by atoms with E-state index in [0.717, 1.165) is 34.9 Å². The van der Waals surface area contributed by atoms with Crippen LogP contribution in [0.2, 0.25) is 0 Å². The molecule has 1 unspecified atom stereocenters. The molecule has 1 N–H and O–H groups in total. The number of hydrogen-bond acceptors (Lipinski definition) is 3. The standard InChI is InChI=1S/C22H24N2O2S/c1-5-24-15(3)20(16(4)25)21(23-22(24)27)17-8-12-19(13-9-17)26-18-10-6-14(2)7-11-18/h6-13,21H,5H2,1-4H3,(H,23,27). The summed E-state index contributed by atoms with van der Waals surface area (Å²) in [5.41, 5.74) is 3.84. The highest BCUT2D eigenvalue weighted by molar-refractivity contribution is 7.80. The fourth-order valence-electron chi connectivity index (χ4n) is 3.34. The SMILES string of the molecule is CCN1C(=S)NC(c2ccc(Oc3ccc(C)cc3)cc2)C(C(C)=O)=C1C. The van der Waals surface area contributed by atoms with E-state index in [9.17, 15) is 4.79 Å². The molecule has 2 aromatic rings. The molecule has 1 aliphatic heterocycles. The zero-order chi connectivity index (χ0) is 19.6. The molecule has 1 aliphatic rings. The molecule has 1 atom stereocenters. The molecule has 140 valence electrons. The van der Waals surface area contributed by atoms with Gasteiger partial charge in [-0.2, -0.15) is 0 Å². The van der Waals surface area contributed by atoms with Gasteiger partial charge in [0.1, 0.15) is 11.5 Å². The summed E-state index contributed by atoms with van der Waals surface area (Å²) in [4.78, 5) is 14.3. The number of nitrogens with one attached hydrogen (secondary N) is 1. The van der Waals surface area contributed by atoms with Crippen molar-refractivity contribution in [3.63, 3.8) is 0 Å². The molecule has 0 aromatic heterocycles. The molecule has 0 bridgehead atoms. The molecular weight excluding hydrogens is 356 g/mol. The third-order valence-electron chi connectivity index (χ3n) is 4.76. The number of rotatable bonds is 5. The number of aryl methyl sites for hydroxylation is 1. The topological polar surface area (TPSA) is 41.6 Å². The fourth-order valence-corrected chi connectivity index (χ4v) is 3.72. The Morgan fingerprint density at radius 1 is 1.07 bits per heavy atom. The van der Waals surface area contributed by atoms with Crippen molar-refractivity contribution in [2.45, 2.75) is 33.7 Å². The molecular formula is C22H24N2O2S. The second-order valence-corrected chi connectivity index (χ2v) is 7.05. The van der Waals surface area contributed by atoms with Crippen molar-refractivity contribution in [3.8, 4) is 11.5 Å². The van der Waals surface area contributed by atoms with Crippen molar-refractivity contribution in [3.05, 3.63) is 70.9 Å². The Labute approximate surface area is 165 Å². The highest BCUT2D eigenvalue weighted by Crippen LogP contribution is 2.32. The van der Waals surface area contributed by atoms with Crippen LogP contribution in [-0.2, 0) is 4.79 Å². The quantitative estimate of drug-likeness (QED) is 0.747. The van der Waals surface area contributed by atoms with Crippen molar-refractivity contribution in [1.82, 2.24) is 10.2 Å². The molecule has 0 amide bonds. The van der Waals surface area contributed by atoms with Gasteiger partial charge in [0.25, 0.3) is 0 Å². The second kappa shape index (κ2) is 7.92. The Balaban J connectivity index is 1.87. The third kappa shape index (κ3) is 4.03. The first-order valence-electron chi connectivity index (χ1n) is 9.05. The molecule has 0 saturated carbocycles. The predicted octanol–water partition coefficient (Wildman–Crippen LogP) is 4.90. The number of allylic oxidation sites excluding steroid dienone is 1. The Morgan fingerprint density at radius 2 is 1.63 bits per heavy atom. The molecule has 0 spiro atoms. The van der Waals surface area contributed by atoms with E-state index in [0.29, 0.717) is 5.11 Å². The van der Waals surface area contributed by atoms with E-state index in [1.54, 1.807) is 6.92 Å². The van der Waals surface area contributed by atoms with Crippen molar-refractivity contribution in [2.24, 2.45) is 0 Å². The zero-order valence-electron chi connectivity index (χ0n) is 16.1. The Bertz CT molecular complexity index is 886. The molecule has 3 rings (SSSR count). The first-order valence-corrected chi connectivity index (χ1v) is 9.45. The van der Waals surface area contributed by atoms with Crippen molar-refractivity contribution >= 4 is 23.1 Å². The van der Waals surface area contributed by atoms with E-state index in [-0.39, 0.29) is 11.8 Å². The maximum atomic E-state index is 12.3. The Kier molecular flexibility index (Phi) is 5.61. The summed E-state index contributed by atoms with van der Waals surface area (Å²) in [6.45, 7) is 8.35. The van der Waals surface area contributed by atoms with Gasteiger partial charge in [-0.3, -0.25) is 4.79 Å². The van der Waals surface area contributed by atoms with Crippen LogP contribution in [-0.4, -0.2) is 22.3 Å². The Hall–Kier alpha value is -2.66. The monoisotopic (exact) mass is 380 g/mol. The largest absolute Gasteiger partial charge is 0.457 e. The van der Waals surface area contributed by atoms with Gasteiger partial charge < -0.3 is 15.0 Å². The minimum Gasteiger partial charge on any atom is -0.457 e. The summed E-state index contributed by atoms with van der Waals surface area (Å²) in [6, 6.07) is 15.5. The molecule has 4 nitrogen and oxygen atoms in total. The number of benzene rings is 2. The van der Waals surface area contributed by atoms with Crippen LogP contribution in [0.4, 0.5) is 0 Å². The van der Waals surface area contributed by atoms with E-state index in [1.165, 1.54) is 5.56 Å². The van der Waals surface area contributed by atoms with E-state index in [1.807, 2.05) is 74.2 Å². The smallest absolute Gasteiger partial charge is 0.173 e. The maximum Gasteiger partial charge on any atom is 0.173 e. The van der Waals surface area contributed by atoms with E-state index in [2.05, 4.69) is 5.32 Å². The number of carbonyl (C=O) groups excluding carboxylic acids is 1. The fraction of sp³-hybridized carbons (Fsp3) is 0.273. The van der Waals surface area contributed by atoms with E-state index >= 15 is 0 Å². The van der Waals surface area contributed by atoms with Crippen molar-refractivity contribution in [1.29, 1.82) is 0 Å². The van der Waals surface area contributed by atoms with Gasteiger partial charge in [-0.05, 0) is 69.7 Å². The van der Waals surface area contributed by atoms with Crippen LogP contribution in [0.15, 0.2) is 59.8 Å². The molecule has 0 fully saturated rings. The first-order chi connectivity index (χ1) is 12.9. The number of hydrogen-bond donors (Lipinski definition) is 1. The number of ether oxygens (including phenoxy) is 1. The lowest BCUT2D eigenvalue weighted by molar-refractivity contribution is -0.114. The average Bonchev–Trinajstić information content (AvgIpc) is 2.64. The normalized spacial score (nSPS) is 17.0. The summed E-state index contributed by atoms with van der Waals surface area (Å²) >= 11 is 5.49. The lowest BCUT2D eigenvalue weighted by atomic mass is 9.92. The van der Waals surface area contributed by atoms with Gasteiger partial charge >= 0.3 is 0 Å². The second-order valence-electron chi connectivity index (χ2n) is 6.67. The highest BCUT2D eigenvalue weighted by Gasteiger charge is 2.31. The van der Waals surface area contributed by atoms with Gasteiger partial charge in [-0.25, -0.2) is 0 Å². The predicted molar refractivity (Wildman–Crippen MR) is 112 cm³/mol. The van der Waals surface area contributed by atoms with Crippen LogP contribution >= 0.6 is 12.2 Å². The van der Waals surface area contributed by atoms with Gasteiger partial charge in [0, 0.05) is 17.8 Å². The van der Waals surface area contributed by atoms with E-state index in [4.69, 9.17) is 17.0 Å². The van der Waals surface area contributed by atoms with Gasteiger partial charge in [0.2, 0.25) is 0 Å². The lowest BCUT2D eigenvalue weighted by Gasteiger charge is -2.37. The minimum atomic E-state index is -0.244. The number of Topliss-reactive ketones (excluding diaryl/α,β-unsaturated/α-hetero) is 1. The molecule has 2 aromatic carbocycles. The van der Waals surface area contributed by atoms with Gasteiger partial charge in [-0.15, -0.1) is 0 Å². The molecule has 0 radical (unpaired) electrons. The number of ketones is 1. The third-order valence-corrected chi connectivity index (χ3v) is 5.10. The molecule has 0 saturated heterocycles. The molecule has 27 heavy (non-hydrogen) atoms. The molecule has 5 heteroatoms. The number of thiocarbonyl (C=S) groups is 1. The number of carbonyl (C=O) groups is 1. The van der Waals surface area contributed by atoms with Gasteiger partial charge in [0.05, 0.1) is 6.04 Å². The molecule has 0 aliphatic carbocycles. The first kappa shape index (κ1) is 19.1. The summed E-state index contributed by atoms with van der Waals surface area (Å²) < 4.78 is 5.89. The summed E-state index contributed by atoms with van der Waals surface area (Å²) in [5, 5.41) is 3.95. The van der Waals surface area contributed by atoms with E-state index < -0.39 is 0 Å². The average molecular weight is 381 g/mol. The van der Waals surface area contributed by atoms with Crippen molar-refractivity contribution < 1.29 is 9.53 Å². The van der Waals surface area contributed by atoms with Crippen LogP contribution in [0.3, 0.4) is 0 Å². The maximum absolute atomic E-state index is 12.3. The lowest BCUT2D eigenvalue weighted by Crippen LogP contribution is -2.47. The van der Waals surface area contributed by atoms with Gasteiger partial charge in [0.15, 0.2) is 10.9 Å². The zero-order valence-corrected chi connectivity index (χ0v) is 16.9. The summed E-state index contributed by atoms with van der Waals surface area (Å²) in [6.07, 6.45) is 0. The minimum absolute atomic E-state index is 0.0472. The van der Waals surface area contributed by atoms with Crippen LogP contribution in [0.25, 0.3) is 0 Å². The Morgan fingerprint density at radius 3 is 2.15 bits per heavy atom. The number of nitrogens with zero attached hydrogens (tertiary/aromatic N) is 1. The van der Waals surface area contributed by atoms with Crippen LogP contribution < -0.4 is 10.1 Å². The van der Waals surface area contributed by atoms with Crippen LogP contribution in [0.1, 0.15) is 37.9 Å². The highest BCUT2D eigenvalue weighted by atomic mass is 32.1. The summed E-state index contributed by atoms with van der Waals surface area (Å²) in [5.74, 6) is 1.59. The van der Waals surface area contributed by atoms with Crippen LogP contribution in [0, 0.1) is 6.92 Å². The van der Waals surface area contributed by atoms with Crippen LogP contribution in [0.5, 0.6) is 11.5 Å². The van der Waals surface area contributed by atoms with Gasteiger partial charge in [-0.1, -0.05) is 29.8 Å². The van der Waals surface area contributed by atoms with Crippen molar-refractivity contribution in [2.75, 3.05) is 6.54 Å². The molecule has 1 heterocycles. The summed E-state index contributed by atoms with van der Waals surface area (Å²) in [7, 11) is 0.